The third kappa shape index (κ3) is 2.93. The van der Waals surface area contributed by atoms with E-state index in [0.29, 0.717) is 6.04 Å². The van der Waals surface area contributed by atoms with Gasteiger partial charge in [-0.15, -0.1) is 0 Å². The molecule has 3 rings (SSSR count). The van der Waals surface area contributed by atoms with Crippen molar-refractivity contribution in [2.75, 3.05) is 0 Å². The summed E-state index contributed by atoms with van der Waals surface area (Å²) in [4.78, 5) is 0. The van der Waals surface area contributed by atoms with E-state index in [1.165, 1.54) is 11.1 Å². The lowest BCUT2D eigenvalue weighted by Crippen LogP contribution is -2.00. The maximum Gasteiger partial charge on any atom is 0.100 e. The van der Waals surface area contributed by atoms with Crippen LogP contribution < -0.4 is 0 Å². The lowest BCUT2D eigenvalue weighted by atomic mass is 10.0. The highest BCUT2D eigenvalue weighted by Gasteiger charge is 2.14. The number of hydrogen-bond acceptors (Lipinski definition) is 1. The van der Waals surface area contributed by atoms with Crippen LogP contribution in [0, 0.1) is 0 Å². The summed E-state index contributed by atoms with van der Waals surface area (Å²) in [5.41, 5.74) is 4.53. The molecule has 0 bridgehead atoms. The van der Waals surface area contributed by atoms with Crippen LogP contribution in [0.2, 0.25) is 0 Å². The highest BCUT2D eigenvalue weighted by molar-refractivity contribution is 9.10. The largest absolute Gasteiger partial charge is 0.269 e. The van der Waals surface area contributed by atoms with Gasteiger partial charge >= 0.3 is 0 Å². The first-order valence-corrected chi connectivity index (χ1v) is 7.85. The summed E-state index contributed by atoms with van der Waals surface area (Å²) in [5, 5.41) is 4.79. The van der Waals surface area contributed by atoms with Crippen molar-refractivity contribution in [1.82, 2.24) is 9.78 Å². The summed E-state index contributed by atoms with van der Waals surface area (Å²) < 4.78 is 3.11. The number of nitrogens with zero attached hydrogens (tertiary/aromatic N) is 2. The zero-order valence-electron chi connectivity index (χ0n) is 12.1. The Morgan fingerprint density at radius 3 is 2.19 bits per heavy atom. The minimum absolute atomic E-state index is 0.344. The van der Waals surface area contributed by atoms with Crippen LogP contribution in [0.4, 0.5) is 0 Å². The first-order valence-electron chi connectivity index (χ1n) is 7.05. The summed E-state index contributed by atoms with van der Waals surface area (Å²) in [7, 11) is 0. The molecule has 0 saturated heterocycles. The van der Waals surface area contributed by atoms with E-state index < -0.39 is 0 Å². The number of benzene rings is 2. The van der Waals surface area contributed by atoms with E-state index in [4.69, 9.17) is 5.10 Å². The molecule has 3 aromatic rings. The number of halogens is 1. The van der Waals surface area contributed by atoms with Gasteiger partial charge in [0.05, 0.1) is 0 Å². The maximum atomic E-state index is 4.79. The standard InChI is InChI=1S/C18H17BrN2/c1-13(2)21-12-17(14-6-4-3-5-7-14)18(20-21)15-8-10-16(19)11-9-15/h3-13H,1-2H3. The van der Waals surface area contributed by atoms with Crippen molar-refractivity contribution in [3.8, 4) is 22.4 Å². The summed E-state index contributed by atoms with van der Waals surface area (Å²) >= 11 is 3.48. The highest BCUT2D eigenvalue weighted by Crippen LogP contribution is 2.32. The summed E-state index contributed by atoms with van der Waals surface area (Å²) in [6.07, 6.45) is 2.14. The molecule has 2 nitrogen and oxygen atoms in total. The van der Waals surface area contributed by atoms with Gasteiger partial charge in [0.2, 0.25) is 0 Å². The second-order valence-electron chi connectivity index (χ2n) is 5.34. The van der Waals surface area contributed by atoms with E-state index in [-0.39, 0.29) is 0 Å². The Hall–Kier alpha value is -1.87. The van der Waals surface area contributed by atoms with Crippen molar-refractivity contribution in [2.45, 2.75) is 19.9 Å². The molecule has 0 amide bonds. The monoisotopic (exact) mass is 340 g/mol. The second kappa shape index (κ2) is 5.86. The van der Waals surface area contributed by atoms with Crippen molar-refractivity contribution in [3.63, 3.8) is 0 Å². The maximum absolute atomic E-state index is 4.79. The fourth-order valence-electron chi connectivity index (χ4n) is 2.31. The van der Waals surface area contributed by atoms with Gasteiger partial charge in [-0.3, -0.25) is 4.68 Å². The Morgan fingerprint density at radius 2 is 1.57 bits per heavy atom. The van der Waals surface area contributed by atoms with Crippen LogP contribution in [0.1, 0.15) is 19.9 Å². The summed E-state index contributed by atoms with van der Waals surface area (Å²) in [6, 6.07) is 19.1. The van der Waals surface area contributed by atoms with Crippen molar-refractivity contribution < 1.29 is 0 Å². The highest BCUT2D eigenvalue weighted by atomic mass is 79.9. The molecular formula is C18H17BrN2. The minimum Gasteiger partial charge on any atom is -0.269 e. The Balaban J connectivity index is 2.16. The van der Waals surface area contributed by atoms with Crippen LogP contribution in [0.3, 0.4) is 0 Å². The molecule has 2 aromatic carbocycles. The SMILES string of the molecule is CC(C)n1cc(-c2ccccc2)c(-c2ccc(Br)cc2)n1. The van der Waals surface area contributed by atoms with Crippen LogP contribution in [0.5, 0.6) is 0 Å². The van der Waals surface area contributed by atoms with Gasteiger partial charge in [-0.25, -0.2) is 0 Å². The van der Waals surface area contributed by atoms with E-state index in [2.05, 4.69) is 84.5 Å². The smallest absolute Gasteiger partial charge is 0.100 e. The average Bonchev–Trinajstić information content (AvgIpc) is 2.94. The molecule has 0 aliphatic rings. The van der Waals surface area contributed by atoms with Gasteiger partial charge in [-0.1, -0.05) is 58.4 Å². The molecule has 0 atom stereocenters. The number of hydrogen-bond donors (Lipinski definition) is 0. The number of rotatable bonds is 3. The summed E-state index contributed by atoms with van der Waals surface area (Å²) in [6.45, 7) is 4.29. The van der Waals surface area contributed by atoms with Crippen LogP contribution in [-0.4, -0.2) is 9.78 Å². The quantitative estimate of drug-likeness (QED) is 0.610. The molecule has 106 valence electrons. The molecule has 0 unspecified atom stereocenters. The lowest BCUT2D eigenvalue weighted by molar-refractivity contribution is 0.534. The first kappa shape index (κ1) is 14.1. The van der Waals surface area contributed by atoms with Crippen molar-refractivity contribution in [1.29, 1.82) is 0 Å². The topological polar surface area (TPSA) is 17.8 Å². The van der Waals surface area contributed by atoms with Crippen molar-refractivity contribution in [2.24, 2.45) is 0 Å². The molecule has 0 radical (unpaired) electrons. The fourth-order valence-corrected chi connectivity index (χ4v) is 2.57. The molecule has 0 spiro atoms. The predicted octanol–water partition coefficient (Wildman–Crippen LogP) is 5.56. The Labute approximate surface area is 133 Å². The molecule has 3 heteroatoms. The third-order valence-corrected chi connectivity index (χ3v) is 3.99. The first-order chi connectivity index (χ1) is 10.1. The van der Waals surface area contributed by atoms with Crippen LogP contribution >= 0.6 is 15.9 Å². The van der Waals surface area contributed by atoms with Gasteiger partial charge in [-0.2, -0.15) is 5.10 Å². The lowest BCUT2D eigenvalue weighted by Gasteiger charge is -2.03. The van der Waals surface area contributed by atoms with Crippen molar-refractivity contribution in [3.05, 3.63) is 65.3 Å². The Kier molecular flexibility index (Phi) is 3.93. The van der Waals surface area contributed by atoms with Gasteiger partial charge in [-0.05, 0) is 31.5 Å². The van der Waals surface area contributed by atoms with E-state index in [9.17, 15) is 0 Å². The molecule has 0 saturated carbocycles. The second-order valence-corrected chi connectivity index (χ2v) is 6.25. The zero-order valence-corrected chi connectivity index (χ0v) is 13.7. The van der Waals surface area contributed by atoms with Crippen LogP contribution in [0.15, 0.2) is 65.3 Å². The van der Waals surface area contributed by atoms with Crippen molar-refractivity contribution >= 4 is 15.9 Å². The van der Waals surface area contributed by atoms with Crippen LogP contribution in [-0.2, 0) is 0 Å². The third-order valence-electron chi connectivity index (χ3n) is 3.46. The van der Waals surface area contributed by atoms with E-state index >= 15 is 0 Å². The molecular weight excluding hydrogens is 324 g/mol. The summed E-state index contributed by atoms with van der Waals surface area (Å²) in [5.74, 6) is 0. The molecule has 21 heavy (non-hydrogen) atoms. The fraction of sp³-hybridized carbons (Fsp3) is 0.167. The normalized spacial score (nSPS) is 11.0. The number of aromatic nitrogens is 2. The van der Waals surface area contributed by atoms with Gasteiger partial charge in [0.1, 0.15) is 5.69 Å². The molecule has 0 N–H and O–H groups in total. The van der Waals surface area contributed by atoms with Gasteiger partial charge in [0, 0.05) is 27.8 Å². The van der Waals surface area contributed by atoms with E-state index in [0.717, 1.165) is 15.7 Å². The average molecular weight is 341 g/mol. The van der Waals surface area contributed by atoms with E-state index in [1.54, 1.807) is 0 Å². The molecule has 0 aliphatic heterocycles. The minimum atomic E-state index is 0.344. The van der Waals surface area contributed by atoms with Gasteiger partial charge in [0.25, 0.3) is 0 Å². The molecule has 1 aromatic heterocycles. The Bertz CT molecular complexity index is 728. The van der Waals surface area contributed by atoms with E-state index in [1.807, 2.05) is 10.7 Å². The van der Waals surface area contributed by atoms with Crippen LogP contribution in [0.25, 0.3) is 22.4 Å². The molecule has 0 aliphatic carbocycles. The zero-order chi connectivity index (χ0) is 14.8. The molecule has 0 fully saturated rings. The van der Waals surface area contributed by atoms with Gasteiger partial charge in [0.15, 0.2) is 0 Å². The molecule has 1 heterocycles. The van der Waals surface area contributed by atoms with Gasteiger partial charge < -0.3 is 0 Å². The Morgan fingerprint density at radius 1 is 0.905 bits per heavy atom. The predicted molar refractivity (Wildman–Crippen MR) is 91.2 cm³/mol.